The van der Waals surface area contributed by atoms with Gasteiger partial charge in [0.2, 0.25) is 5.91 Å². The molecule has 1 aromatic carbocycles. The zero-order valence-electron chi connectivity index (χ0n) is 15.5. The molecule has 148 valence electrons. The van der Waals surface area contributed by atoms with Gasteiger partial charge in [-0.3, -0.25) is 14.9 Å². The van der Waals surface area contributed by atoms with Gasteiger partial charge >= 0.3 is 0 Å². The number of piperidine rings is 1. The third-order valence-electron chi connectivity index (χ3n) is 4.96. The Kier molecular flexibility index (Phi) is 5.19. The number of hydrogen-bond donors (Lipinski definition) is 1. The van der Waals surface area contributed by atoms with E-state index in [-0.39, 0.29) is 17.5 Å². The van der Waals surface area contributed by atoms with Crippen molar-refractivity contribution in [3.05, 3.63) is 64.9 Å². The molecule has 0 saturated carbocycles. The number of nitro groups is 1. The molecule has 0 unspecified atom stereocenters. The lowest BCUT2D eigenvalue weighted by molar-refractivity contribution is -0.384. The van der Waals surface area contributed by atoms with E-state index in [1.54, 1.807) is 24.5 Å². The Labute approximate surface area is 166 Å². The van der Waals surface area contributed by atoms with Crippen LogP contribution in [0.4, 0.5) is 17.2 Å². The minimum atomic E-state index is -0.467. The van der Waals surface area contributed by atoms with E-state index < -0.39 is 4.92 Å². The summed E-state index contributed by atoms with van der Waals surface area (Å²) in [7, 11) is 0. The molecule has 1 aliphatic heterocycles. The summed E-state index contributed by atoms with van der Waals surface area (Å²) < 4.78 is 5.32. The smallest absolute Gasteiger partial charge is 0.269 e. The average molecular weight is 393 g/mol. The van der Waals surface area contributed by atoms with Crippen LogP contribution in [0.2, 0.25) is 0 Å². The number of anilines is 2. The fourth-order valence-electron chi connectivity index (χ4n) is 3.33. The Morgan fingerprint density at radius 2 is 1.86 bits per heavy atom. The molecule has 1 saturated heterocycles. The van der Waals surface area contributed by atoms with Crippen LogP contribution in [0.5, 0.6) is 0 Å². The SMILES string of the molecule is O=C(Nc1ccc([N+](=O)[O-])cc1)C1CCN(c2ccc(-c3ccco3)nn2)CC1. The number of hydrogen-bond acceptors (Lipinski definition) is 7. The highest BCUT2D eigenvalue weighted by Crippen LogP contribution is 2.25. The second kappa shape index (κ2) is 8.09. The van der Waals surface area contributed by atoms with E-state index >= 15 is 0 Å². The largest absolute Gasteiger partial charge is 0.463 e. The molecule has 2 aromatic heterocycles. The molecule has 0 aliphatic carbocycles. The first-order valence-electron chi connectivity index (χ1n) is 9.28. The molecule has 0 radical (unpaired) electrons. The Hall–Kier alpha value is -3.75. The number of nitro benzene ring substituents is 1. The van der Waals surface area contributed by atoms with Gasteiger partial charge in [-0.2, -0.15) is 0 Å². The lowest BCUT2D eigenvalue weighted by Gasteiger charge is -2.31. The van der Waals surface area contributed by atoms with Crippen molar-refractivity contribution in [1.82, 2.24) is 10.2 Å². The number of furan rings is 1. The molecule has 4 rings (SSSR count). The van der Waals surface area contributed by atoms with Gasteiger partial charge in [0.25, 0.3) is 5.69 Å². The number of nitrogens with one attached hydrogen (secondary N) is 1. The average Bonchev–Trinajstić information content (AvgIpc) is 3.29. The molecule has 0 bridgehead atoms. The molecule has 1 N–H and O–H groups in total. The van der Waals surface area contributed by atoms with Crippen LogP contribution in [0.15, 0.2) is 59.2 Å². The normalized spacial score (nSPS) is 14.6. The van der Waals surface area contributed by atoms with Crippen LogP contribution >= 0.6 is 0 Å². The maximum atomic E-state index is 12.5. The van der Waals surface area contributed by atoms with Gasteiger partial charge in [0.15, 0.2) is 11.6 Å². The van der Waals surface area contributed by atoms with Crippen LogP contribution in [0.25, 0.3) is 11.5 Å². The first kappa shape index (κ1) is 18.6. The van der Waals surface area contributed by atoms with Crippen molar-refractivity contribution in [3.63, 3.8) is 0 Å². The molecular formula is C20H19N5O4. The van der Waals surface area contributed by atoms with Gasteiger partial charge in [-0.1, -0.05) is 0 Å². The maximum Gasteiger partial charge on any atom is 0.269 e. The monoisotopic (exact) mass is 393 g/mol. The number of carbonyl (C=O) groups excluding carboxylic acids is 1. The Morgan fingerprint density at radius 3 is 2.45 bits per heavy atom. The Balaban J connectivity index is 1.31. The van der Waals surface area contributed by atoms with E-state index in [0.717, 1.165) is 5.82 Å². The summed E-state index contributed by atoms with van der Waals surface area (Å²) in [6.07, 6.45) is 2.98. The highest BCUT2D eigenvalue weighted by atomic mass is 16.6. The highest BCUT2D eigenvalue weighted by molar-refractivity contribution is 5.92. The second-order valence-electron chi connectivity index (χ2n) is 6.81. The lowest BCUT2D eigenvalue weighted by atomic mass is 9.96. The van der Waals surface area contributed by atoms with Crippen molar-refractivity contribution in [1.29, 1.82) is 0 Å². The van der Waals surface area contributed by atoms with Crippen LogP contribution < -0.4 is 10.2 Å². The summed E-state index contributed by atoms with van der Waals surface area (Å²) in [6, 6.07) is 13.3. The molecule has 0 spiro atoms. The summed E-state index contributed by atoms with van der Waals surface area (Å²) >= 11 is 0. The maximum absolute atomic E-state index is 12.5. The van der Waals surface area contributed by atoms with Crippen LogP contribution in [-0.4, -0.2) is 34.1 Å². The number of non-ortho nitro benzene ring substituents is 1. The second-order valence-corrected chi connectivity index (χ2v) is 6.81. The zero-order chi connectivity index (χ0) is 20.2. The first-order chi connectivity index (χ1) is 14.1. The van der Waals surface area contributed by atoms with E-state index in [9.17, 15) is 14.9 Å². The summed E-state index contributed by atoms with van der Waals surface area (Å²) in [4.78, 5) is 24.8. The predicted molar refractivity (Wildman–Crippen MR) is 106 cm³/mol. The molecule has 1 aliphatic rings. The van der Waals surface area contributed by atoms with Crippen LogP contribution in [0.1, 0.15) is 12.8 Å². The minimum Gasteiger partial charge on any atom is -0.463 e. The lowest BCUT2D eigenvalue weighted by Crippen LogP contribution is -2.38. The van der Waals surface area contributed by atoms with Gasteiger partial charge in [-0.15, -0.1) is 10.2 Å². The quantitative estimate of drug-likeness (QED) is 0.521. The number of rotatable bonds is 5. The number of amides is 1. The molecule has 9 heteroatoms. The summed E-state index contributed by atoms with van der Waals surface area (Å²) in [5.74, 6) is 1.26. The molecule has 3 heterocycles. The van der Waals surface area contributed by atoms with E-state index in [1.807, 2.05) is 18.2 Å². The fourth-order valence-corrected chi connectivity index (χ4v) is 3.33. The Bertz CT molecular complexity index is 979. The highest BCUT2D eigenvalue weighted by Gasteiger charge is 2.26. The van der Waals surface area contributed by atoms with Crippen LogP contribution in [0.3, 0.4) is 0 Å². The van der Waals surface area contributed by atoms with Gasteiger partial charge in [0.1, 0.15) is 5.69 Å². The van der Waals surface area contributed by atoms with Crippen molar-refractivity contribution in [3.8, 4) is 11.5 Å². The van der Waals surface area contributed by atoms with Gasteiger partial charge < -0.3 is 14.6 Å². The summed E-state index contributed by atoms with van der Waals surface area (Å²) in [5.41, 5.74) is 1.23. The summed E-state index contributed by atoms with van der Waals surface area (Å²) in [6.45, 7) is 1.40. The molecular weight excluding hydrogens is 374 g/mol. The predicted octanol–water partition coefficient (Wildman–Crippen LogP) is 3.50. The number of aromatic nitrogens is 2. The van der Waals surface area contributed by atoms with Gasteiger partial charge in [0.05, 0.1) is 11.2 Å². The number of carbonyl (C=O) groups is 1. The molecule has 1 fully saturated rings. The topological polar surface area (TPSA) is 114 Å². The number of benzene rings is 1. The van der Waals surface area contributed by atoms with Crippen LogP contribution in [0, 0.1) is 16.0 Å². The van der Waals surface area contributed by atoms with E-state index in [0.29, 0.717) is 43.1 Å². The van der Waals surface area contributed by atoms with Crippen molar-refractivity contribution in [2.75, 3.05) is 23.3 Å². The third-order valence-corrected chi connectivity index (χ3v) is 4.96. The fraction of sp³-hybridized carbons (Fsp3) is 0.250. The molecule has 9 nitrogen and oxygen atoms in total. The van der Waals surface area contributed by atoms with E-state index in [1.165, 1.54) is 12.1 Å². The van der Waals surface area contributed by atoms with Crippen molar-refractivity contribution < 1.29 is 14.1 Å². The summed E-state index contributed by atoms with van der Waals surface area (Å²) in [5, 5.41) is 22.0. The Morgan fingerprint density at radius 1 is 1.10 bits per heavy atom. The minimum absolute atomic E-state index is 0.00418. The molecule has 0 atom stereocenters. The number of nitrogens with zero attached hydrogens (tertiary/aromatic N) is 4. The third kappa shape index (κ3) is 4.23. The van der Waals surface area contributed by atoms with Crippen molar-refractivity contribution in [2.24, 2.45) is 5.92 Å². The molecule has 29 heavy (non-hydrogen) atoms. The zero-order valence-corrected chi connectivity index (χ0v) is 15.5. The van der Waals surface area contributed by atoms with E-state index in [4.69, 9.17) is 4.42 Å². The van der Waals surface area contributed by atoms with Gasteiger partial charge in [0, 0.05) is 36.8 Å². The van der Waals surface area contributed by atoms with Gasteiger partial charge in [-0.25, -0.2) is 0 Å². The molecule has 1 amide bonds. The first-order valence-corrected chi connectivity index (χ1v) is 9.28. The van der Waals surface area contributed by atoms with Crippen molar-refractivity contribution >= 4 is 23.1 Å². The standard InChI is InChI=1S/C20H19N5O4/c26-20(21-15-3-5-16(6-4-15)25(27)28)14-9-11-24(12-10-14)19-8-7-17(22-23-19)18-2-1-13-29-18/h1-8,13-14H,9-12H2,(H,21,26). The van der Waals surface area contributed by atoms with E-state index in [2.05, 4.69) is 20.4 Å². The van der Waals surface area contributed by atoms with Gasteiger partial charge in [-0.05, 0) is 49.2 Å². The van der Waals surface area contributed by atoms with Crippen molar-refractivity contribution in [2.45, 2.75) is 12.8 Å². The van der Waals surface area contributed by atoms with Crippen LogP contribution in [-0.2, 0) is 4.79 Å². The molecule has 3 aromatic rings.